The van der Waals surface area contributed by atoms with Crippen LogP contribution in [0.5, 0.6) is 0 Å². The Labute approximate surface area is 134 Å². The van der Waals surface area contributed by atoms with Crippen molar-refractivity contribution in [2.45, 2.75) is 52.5 Å². The number of rotatable bonds is 5. The van der Waals surface area contributed by atoms with Gasteiger partial charge < -0.3 is 16.0 Å². The first-order valence-corrected chi connectivity index (χ1v) is 8.44. The van der Waals surface area contributed by atoms with Crippen LogP contribution in [0.1, 0.15) is 43.7 Å². The highest BCUT2D eigenvalue weighted by atomic mass is 15.2. The third kappa shape index (κ3) is 5.02. The van der Waals surface area contributed by atoms with Crippen molar-refractivity contribution in [3.05, 3.63) is 29.3 Å². The zero-order valence-corrected chi connectivity index (χ0v) is 14.2. The first kappa shape index (κ1) is 16.8. The lowest BCUT2D eigenvalue weighted by Gasteiger charge is -2.33. The molecular weight excluding hydrogens is 272 g/mol. The molecule has 1 aromatic rings. The van der Waals surface area contributed by atoms with E-state index in [0.29, 0.717) is 5.96 Å². The van der Waals surface area contributed by atoms with Crippen LogP contribution in [0.15, 0.2) is 23.2 Å². The SMILES string of the molecule is Cc1ccc(NC(N)=NCCCN2CCCCC2C)cc1C. The molecule has 0 saturated carbocycles. The minimum Gasteiger partial charge on any atom is -0.370 e. The number of hydrogen-bond acceptors (Lipinski definition) is 2. The van der Waals surface area contributed by atoms with Crippen molar-refractivity contribution in [3.8, 4) is 0 Å². The Morgan fingerprint density at radius 1 is 1.32 bits per heavy atom. The van der Waals surface area contributed by atoms with Crippen molar-refractivity contribution in [1.82, 2.24) is 4.90 Å². The van der Waals surface area contributed by atoms with Crippen LogP contribution in [-0.4, -0.2) is 36.5 Å². The van der Waals surface area contributed by atoms with Crippen molar-refractivity contribution in [2.75, 3.05) is 25.0 Å². The van der Waals surface area contributed by atoms with E-state index in [0.717, 1.165) is 31.2 Å². The van der Waals surface area contributed by atoms with Crippen LogP contribution in [-0.2, 0) is 0 Å². The third-order valence-corrected chi connectivity index (χ3v) is 4.61. The number of guanidine groups is 1. The monoisotopic (exact) mass is 302 g/mol. The molecule has 4 heteroatoms. The molecule has 1 fully saturated rings. The highest BCUT2D eigenvalue weighted by Gasteiger charge is 2.16. The number of anilines is 1. The number of aryl methyl sites for hydroxylation is 2. The average Bonchev–Trinajstić information content (AvgIpc) is 2.49. The van der Waals surface area contributed by atoms with E-state index >= 15 is 0 Å². The summed E-state index contributed by atoms with van der Waals surface area (Å²) in [6, 6.07) is 6.97. The molecule has 22 heavy (non-hydrogen) atoms. The lowest BCUT2D eigenvalue weighted by molar-refractivity contribution is 0.160. The van der Waals surface area contributed by atoms with Gasteiger partial charge in [0.1, 0.15) is 0 Å². The molecule has 1 heterocycles. The third-order valence-electron chi connectivity index (χ3n) is 4.61. The van der Waals surface area contributed by atoms with E-state index in [1.165, 1.54) is 36.9 Å². The molecule has 1 aliphatic heterocycles. The van der Waals surface area contributed by atoms with E-state index < -0.39 is 0 Å². The lowest BCUT2D eigenvalue weighted by atomic mass is 10.0. The van der Waals surface area contributed by atoms with Gasteiger partial charge in [0.05, 0.1) is 0 Å². The Kier molecular flexibility index (Phi) is 6.25. The molecule has 1 aliphatic rings. The fourth-order valence-electron chi connectivity index (χ4n) is 2.97. The van der Waals surface area contributed by atoms with Gasteiger partial charge in [0.15, 0.2) is 5.96 Å². The maximum absolute atomic E-state index is 5.97. The van der Waals surface area contributed by atoms with Gasteiger partial charge in [-0.15, -0.1) is 0 Å². The van der Waals surface area contributed by atoms with Crippen molar-refractivity contribution in [2.24, 2.45) is 10.7 Å². The molecule has 3 N–H and O–H groups in total. The molecule has 4 nitrogen and oxygen atoms in total. The number of benzene rings is 1. The van der Waals surface area contributed by atoms with Gasteiger partial charge in [0, 0.05) is 24.8 Å². The quantitative estimate of drug-likeness (QED) is 0.498. The van der Waals surface area contributed by atoms with Crippen molar-refractivity contribution in [1.29, 1.82) is 0 Å². The number of aliphatic imine (C=N–C) groups is 1. The van der Waals surface area contributed by atoms with Gasteiger partial charge in [-0.3, -0.25) is 4.99 Å². The summed E-state index contributed by atoms with van der Waals surface area (Å²) >= 11 is 0. The smallest absolute Gasteiger partial charge is 0.193 e. The minimum atomic E-state index is 0.509. The summed E-state index contributed by atoms with van der Waals surface area (Å²) in [7, 11) is 0. The van der Waals surface area contributed by atoms with Gasteiger partial charge in [0.25, 0.3) is 0 Å². The molecule has 1 atom stereocenters. The standard InChI is InChI=1S/C18H30N4/c1-14-8-9-17(13-15(14)2)21-18(19)20-10-6-12-22-11-5-4-7-16(22)3/h8-9,13,16H,4-7,10-12H2,1-3H3,(H3,19,20,21). The number of hydrogen-bond donors (Lipinski definition) is 2. The minimum absolute atomic E-state index is 0.509. The molecule has 122 valence electrons. The molecule has 0 bridgehead atoms. The normalized spacial score (nSPS) is 20.1. The second-order valence-corrected chi connectivity index (χ2v) is 6.43. The fraction of sp³-hybridized carbons (Fsp3) is 0.611. The van der Waals surface area contributed by atoms with Crippen LogP contribution < -0.4 is 11.1 Å². The Hall–Kier alpha value is -1.55. The van der Waals surface area contributed by atoms with E-state index in [1.807, 2.05) is 6.07 Å². The Morgan fingerprint density at radius 3 is 2.86 bits per heavy atom. The number of piperidine rings is 1. The summed E-state index contributed by atoms with van der Waals surface area (Å²) in [4.78, 5) is 7.01. The number of likely N-dealkylation sites (tertiary alicyclic amines) is 1. The molecule has 0 amide bonds. The average molecular weight is 302 g/mol. The maximum atomic E-state index is 5.97. The highest BCUT2D eigenvalue weighted by Crippen LogP contribution is 2.16. The summed E-state index contributed by atoms with van der Waals surface area (Å²) in [5.74, 6) is 0.509. The zero-order valence-electron chi connectivity index (χ0n) is 14.2. The van der Waals surface area contributed by atoms with E-state index in [-0.39, 0.29) is 0 Å². The first-order valence-electron chi connectivity index (χ1n) is 8.44. The summed E-state index contributed by atoms with van der Waals surface area (Å²) in [6.07, 6.45) is 5.12. The predicted octanol–water partition coefficient (Wildman–Crippen LogP) is 3.29. The Balaban J connectivity index is 1.74. The van der Waals surface area contributed by atoms with Crippen molar-refractivity contribution >= 4 is 11.6 Å². The second-order valence-electron chi connectivity index (χ2n) is 6.43. The molecule has 0 radical (unpaired) electrons. The van der Waals surface area contributed by atoms with E-state index in [2.05, 4.69) is 48.1 Å². The van der Waals surface area contributed by atoms with Gasteiger partial charge in [-0.25, -0.2) is 0 Å². The van der Waals surface area contributed by atoms with Crippen LogP contribution >= 0.6 is 0 Å². The highest BCUT2D eigenvalue weighted by molar-refractivity contribution is 5.92. The molecule has 1 saturated heterocycles. The van der Waals surface area contributed by atoms with E-state index in [1.54, 1.807) is 0 Å². The van der Waals surface area contributed by atoms with Gasteiger partial charge in [-0.1, -0.05) is 12.5 Å². The molecule has 2 rings (SSSR count). The number of nitrogens with one attached hydrogen (secondary N) is 1. The first-order chi connectivity index (χ1) is 10.6. The summed E-state index contributed by atoms with van der Waals surface area (Å²) < 4.78 is 0. The van der Waals surface area contributed by atoms with Crippen LogP contribution in [0.4, 0.5) is 5.69 Å². The Bertz CT molecular complexity index is 510. The predicted molar refractivity (Wildman–Crippen MR) is 95.5 cm³/mol. The van der Waals surface area contributed by atoms with Crippen molar-refractivity contribution in [3.63, 3.8) is 0 Å². The van der Waals surface area contributed by atoms with Crippen LogP contribution in [0.2, 0.25) is 0 Å². The molecule has 0 spiro atoms. The fourth-order valence-corrected chi connectivity index (χ4v) is 2.97. The number of nitrogens with two attached hydrogens (primary N) is 1. The lowest BCUT2D eigenvalue weighted by Crippen LogP contribution is -2.38. The molecule has 0 aliphatic carbocycles. The second kappa shape index (κ2) is 8.18. The van der Waals surface area contributed by atoms with Crippen LogP contribution in [0.3, 0.4) is 0 Å². The number of nitrogens with zero attached hydrogens (tertiary/aromatic N) is 2. The van der Waals surface area contributed by atoms with E-state index in [4.69, 9.17) is 5.73 Å². The molecular formula is C18H30N4. The van der Waals surface area contributed by atoms with Gasteiger partial charge in [-0.2, -0.15) is 0 Å². The summed E-state index contributed by atoms with van der Waals surface area (Å²) in [6.45, 7) is 9.69. The summed E-state index contributed by atoms with van der Waals surface area (Å²) in [5, 5.41) is 3.17. The molecule has 0 aromatic heterocycles. The van der Waals surface area contributed by atoms with Gasteiger partial charge in [0.2, 0.25) is 0 Å². The van der Waals surface area contributed by atoms with Gasteiger partial charge >= 0.3 is 0 Å². The van der Waals surface area contributed by atoms with E-state index in [9.17, 15) is 0 Å². The zero-order chi connectivity index (χ0) is 15.9. The topological polar surface area (TPSA) is 53.6 Å². The van der Waals surface area contributed by atoms with Crippen LogP contribution in [0.25, 0.3) is 0 Å². The molecule has 1 unspecified atom stereocenters. The summed E-state index contributed by atoms with van der Waals surface area (Å²) in [5.41, 5.74) is 9.52. The van der Waals surface area contributed by atoms with Crippen LogP contribution in [0, 0.1) is 13.8 Å². The molecule has 1 aromatic carbocycles. The largest absolute Gasteiger partial charge is 0.370 e. The Morgan fingerprint density at radius 2 is 2.14 bits per heavy atom. The maximum Gasteiger partial charge on any atom is 0.193 e. The van der Waals surface area contributed by atoms with Crippen molar-refractivity contribution < 1.29 is 0 Å². The van der Waals surface area contributed by atoms with Gasteiger partial charge in [-0.05, 0) is 69.8 Å².